The standard InChI is InChI=1S/C7H15O3P/c1-5-7(6-2)11(8,9-3)10-4/h5H,6H2,1-4H3/b7-5-. The van der Waals surface area contributed by atoms with Crippen LogP contribution in [0.25, 0.3) is 0 Å². The lowest BCUT2D eigenvalue weighted by Gasteiger charge is -2.15. The molecule has 0 atom stereocenters. The molecular weight excluding hydrogens is 163 g/mol. The van der Waals surface area contributed by atoms with Crippen molar-refractivity contribution in [1.82, 2.24) is 0 Å². The third-order valence-corrected chi connectivity index (χ3v) is 3.77. The molecule has 3 nitrogen and oxygen atoms in total. The Morgan fingerprint density at radius 1 is 1.45 bits per heavy atom. The van der Waals surface area contributed by atoms with Crippen LogP contribution in [0.3, 0.4) is 0 Å². The Hall–Kier alpha value is -0.110. The average molecular weight is 178 g/mol. The van der Waals surface area contributed by atoms with Gasteiger partial charge in [0.2, 0.25) is 0 Å². The van der Waals surface area contributed by atoms with Crippen LogP contribution in [0.15, 0.2) is 11.4 Å². The van der Waals surface area contributed by atoms with Crippen molar-refractivity contribution in [3.05, 3.63) is 11.4 Å². The van der Waals surface area contributed by atoms with Crippen molar-refractivity contribution in [3.63, 3.8) is 0 Å². The average Bonchev–Trinajstić information content (AvgIpc) is 2.06. The molecule has 0 amide bonds. The molecule has 4 heteroatoms. The van der Waals surface area contributed by atoms with E-state index in [1.807, 2.05) is 13.8 Å². The van der Waals surface area contributed by atoms with E-state index in [0.717, 1.165) is 5.31 Å². The predicted molar refractivity (Wildman–Crippen MR) is 45.7 cm³/mol. The lowest BCUT2D eigenvalue weighted by atomic mass is 10.4. The zero-order valence-corrected chi connectivity index (χ0v) is 8.35. The van der Waals surface area contributed by atoms with Crippen LogP contribution in [0, 0.1) is 0 Å². The van der Waals surface area contributed by atoms with Crippen molar-refractivity contribution >= 4 is 7.60 Å². The molecule has 0 spiro atoms. The number of allylic oxidation sites excluding steroid dienone is 2. The third-order valence-electron chi connectivity index (χ3n) is 1.53. The molecular formula is C7H15O3P. The smallest absolute Gasteiger partial charge is 0.309 e. The molecule has 0 bridgehead atoms. The van der Waals surface area contributed by atoms with E-state index in [9.17, 15) is 4.57 Å². The molecule has 11 heavy (non-hydrogen) atoms. The summed E-state index contributed by atoms with van der Waals surface area (Å²) in [4.78, 5) is 0. The van der Waals surface area contributed by atoms with Crippen LogP contribution in [-0.2, 0) is 13.6 Å². The van der Waals surface area contributed by atoms with Crippen molar-refractivity contribution in [3.8, 4) is 0 Å². The zero-order valence-electron chi connectivity index (χ0n) is 7.46. The summed E-state index contributed by atoms with van der Waals surface area (Å²) >= 11 is 0. The summed E-state index contributed by atoms with van der Waals surface area (Å²) in [6.07, 6.45) is 2.46. The van der Waals surface area contributed by atoms with Gasteiger partial charge in [0.15, 0.2) is 0 Å². The van der Waals surface area contributed by atoms with Crippen LogP contribution < -0.4 is 0 Å². The van der Waals surface area contributed by atoms with Crippen molar-refractivity contribution < 1.29 is 13.6 Å². The minimum Gasteiger partial charge on any atom is -0.309 e. The summed E-state index contributed by atoms with van der Waals surface area (Å²) in [7, 11) is -0.146. The van der Waals surface area contributed by atoms with E-state index in [4.69, 9.17) is 9.05 Å². The Labute approximate surface area is 67.9 Å². The maximum Gasteiger partial charge on any atom is 0.356 e. The first kappa shape index (κ1) is 10.9. The first-order valence-corrected chi connectivity index (χ1v) is 5.06. The van der Waals surface area contributed by atoms with E-state index in [1.165, 1.54) is 14.2 Å². The van der Waals surface area contributed by atoms with Gasteiger partial charge in [0.05, 0.1) is 0 Å². The largest absolute Gasteiger partial charge is 0.356 e. The third kappa shape index (κ3) is 2.44. The topological polar surface area (TPSA) is 35.5 Å². The van der Waals surface area contributed by atoms with Crippen molar-refractivity contribution in [2.24, 2.45) is 0 Å². The van der Waals surface area contributed by atoms with Gasteiger partial charge in [0, 0.05) is 19.5 Å². The summed E-state index contributed by atoms with van der Waals surface area (Å²) in [6, 6.07) is 0. The molecule has 0 saturated carbocycles. The van der Waals surface area contributed by atoms with Crippen LogP contribution in [0.1, 0.15) is 20.3 Å². The van der Waals surface area contributed by atoms with Gasteiger partial charge in [-0.1, -0.05) is 13.0 Å². The Bertz CT molecular complexity index is 178. The highest BCUT2D eigenvalue weighted by Crippen LogP contribution is 2.55. The summed E-state index contributed by atoms with van der Waals surface area (Å²) in [5.74, 6) is 0. The van der Waals surface area contributed by atoms with E-state index in [0.29, 0.717) is 6.42 Å². The van der Waals surface area contributed by atoms with Gasteiger partial charge in [-0.15, -0.1) is 0 Å². The molecule has 0 radical (unpaired) electrons. The van der Waals surface area contributed by atoms with Gasteiger partial charge in [-0.2, -0.15) is 0 Å². The molecule has 66 valence electrons. The number of hydrogen-bond donors (Lipinski definition) is 0. The fraction of sp³-hybridized carbons (Fsp3) is 0.714. The first-order chi connectivity index (χ1) is 5.14. The molecule has 0 aromatic carbocycles. The molecule has 0 aromatic rings. The minimum absolute atomic E-state index is 0.690. The SMILES string of the molecule is C/C=C(/CC)P(=O)(OC)OC. The molecule has 0 heterocycles. The lowest BCUT2D eigenvalue weighted by Crippen LogP contribution is -1.91. The quantitative estimate of drug-likeness (QED) is 0.621. The number of hydrogen-bond acceptors (Lipinski definition) is 3. The molecule has 0 rings (SSSR count). The van der Waals surface area contributed by atoms with Gasteiger partial charge in [0.1, 0.15) is 0 Å². The van der Waals surface area contributed by atoms with E-state index in [-0.39, 0.29) is 0 Å². The monoisotopic (exact) mass is 178 g/mol. The summed E-state index contributed by atoms with van der Waals surface area (Å²) in [5.41, 5.74) is 0. The van der Waals surface area contributed by atoms with Gasteiger partial charge in [-0.3, -0.25) is 4.57 Å². The fourth-order valence-electron chi connectivity index (χ4n) is 0.865. The van der Waals surface area contributed by atoms with Crippen molar-refractivity contribution in [2.45, 2.75) is 20.3 Å². The molecule has 0 aliphatic heterocycles. The van der Waals surface area contributed by atoms with Crippen LogP contribution in [-0.4, -0.2) is 14.2 Å². The lowest BCUT2D eigenvalue weighted by molar-refractivity contribution is 0.282. The molecule has 0 unspecified atom stereocenters. The Morgan fingerprint density at radius 3 is 2.00 bits per heavy atom. The zero-order chi connectivity index (χ0) is 8.91. The molecule has 0 aliphatic rings. The maximum absolute atomic E-state index is 11.6. The highest BCUT2D eigenvalue weighted by molar-refractivity contribution is 7.58. The molecule has 0 saturated heterocycles. The Kier molecular flexibility index (Phi) is 4.66. The van der Waals surface area contributed by atoms with Gasteiger partial charge < -0.3 is 9.05 Å². The van der Waals surface area contributed by atoms with E-state index in [1.54, 1.807) is 6.08 Å². The molecule has 0 aliphatic carbocycles. The van der Waals surface area contributed by atoms with Gasteiger partial charge in [-0.05, 0) is 13.3 Å². The van der Waals surface area contributed by atoms with E-state index < -0.39 is 7.60 Å². The van der Waals surface area contributed by atoms with Gasteiger partial charge in [-0.25, -0.2) is 0 Å². The second kappa shape index (κ2) is 4.70. The van der Waals surface area contributed by atoms with Crippen molar-refractivity contribution in [1.29, 1.82) is 0 Å². The molecule has 0 aromatic heterocycles. The van der Waals surface area contributed by atoms with Gasteiger partial charge >= 0.3 is 7.60 Å². The molecule has 0 fully saturated rings. The summed E-state index contributed by atoms with van der Waals surface area (Å²) in [5, 5.41) is 0.725. The fourth-order valence-corrected chi connectivity index (χ4v) is 2.19. The predicted octanol–water partition coefficient (Wildman–Crippen LogP) is 2.79. The van der Waals surface area contributed by atoms with Crippen molar-refractivity contribution in [2.75, 3.05) is 14.2 Å². The second-order valence-electron chi connectivity index (χ2n) is 2.00. The maximum atomic E-state index is 11.6. The van der Waals surface area contributed by atoms with Crippen LogP contribution in [0.4, 0.5) is 0 Å². The summed E-state index contributed by atoms with van der Waals surface area (Å²) in [6.45, 7) is 3.74. The molecule has 0 N–H and O–H groups in total. The first-order valence-electron chi connectivity index (χ1n) is 3.51. The highest BCUT2D eigenvalue weighted by atomic mass is 31.2. The Morgan fingerprint density at radius 2 is 1.91 bits per heavy atom. The Balaban J connectivity index is 4.62. The minimum atomic E-state index is -2.93. The van der Waals surface area contributed by atoms with E-state index >= 15 is 0 Å². The van der Waals surface area contributed by atoms with Gasteiger partial charge in [0.25, 0.3) is 0 Å². The highest BCUT2D eigenvalue weighted by Gasteiger charge is 2.24. The van der Waals surface area contributed by atoms with E-state index in [2.05, 4.69) is 0 Å². The second-order valence-corrected chi connectivity index (χ2v) is 4.30. The normalized spacial score (nSPS) is 13.6. The van der Waals surface area contributed by atoms with Crippen LogP contribution in [0.5, 0.6) is 0 Å². The van der Waals surface area contributed by atoms with Crippen LogP contribution in [0.2, 0.25) is 0 Å². The number of rotatable bonds is 4. The summed E-state index contributed by atoms with van der Waals surface area (Å²) < 4.78 is 21.2. The van der Waals surface area contributed by atoms with Crippen LogP contribution >= 0.6 is 7.60 Å².